The molecule has 5 heteroatoms. The Bertz CT molecular complexity index is 323. The standard InChI is InChI=1S/C21H44N2O2.ClH/c1-4-5-6-7-8-9-10-11-12-13-14-16-21(25)22-17-15-18-23(2,3)19-20-24;/h24H,4-20H2,1-3H3;1H. The van der Waals surface area contributed by atoms with Crippen LogP contribution in [-0.4, -0.2) is 55.8 Å². The largest absolute Gasteiger partial charge is 0.862 e. The summed E-state index contributed by atoms with van der Waals surface area (Å²) in [7, 11) is 4.20. The van der Waals surface area contributed by atoms with Gasteiger partial charge in [0.25, 0.3) is 0 Å². The Balaban J connectivity index is 0. The van der Waals surface area contributed by atoms with Gasteiger partial charge in [-0.25, -0.2) is 0 Å². The number of hydrogen-bond donors (Lipinski definition) is 1. The summed E-state index contributed by atoms with van der Waals surface area (Å²) in [6.45, 7) is 4.81. The van der Waals surface area contributed by atoms with Gasteiger partial charge in [0.2, 0.25) is 0 Å². The number of quaternary nitrogens is 1. The van der Waals surface area contributed by atoms with Crippen molar-refractivity contribution < 1.29 is 14.7 Å². The van der Waals surface area contributed by atoms with Gasteiger partial charge in [-0.15, -0.1) is 12.4 Å². The van der Waals surface area contributed by atoms with Crippen molar-refractivity contribution in [2.24, 2.45) is 4.99 Å². The molecule has 0 atom stereocenters. The summed E-state index contributed by atoms with van der Waals surface area (Å²) in [5.41, 5.74) is 0. The summed E-state index contributed by atoms with van der Waals surface area (Å²) >= 11 is 0. The van der Waals surface area contributed by atoms with Gasteiger partial charge in [-0.1, -0.05) is 71.1 Å². The molecule has 0 aliphatic rings. The van der Waals surface area contributed by atoms with Crippen LogP contribution in [0.15, 0.2) is 4.99 Å². The molecule has 0 aromatic carbocycles. The van der Waals surface area contributed by atoms with Crippen molar-refractivity contribution in [3.63, 3.8) is 0 Å². The van der Waals surface area contributed by atoms with E-state index in [0.717, 1.165) is 36.8 Å². The highest BCUT2D eigenvalue weighted by Crippen LogP contribution is 2.11. The zero-order valence-corrected chi connectivity index (χ0v) is 18.5. The fourth-order valence-electron chi connectivity index (χ4n) is 3.10. The predicted octanol–water partition coefficient (Wildman–Crippen LogP) is 4.33. The molecular weight excluding hydrogens is 348 g/mol. The van der Waals surface area contributed by atoms with Crippen LogP contribution in [0.5, 0.6) is 0 Å². The van der Waals surface area contributed by atoms with Crippen LogP contribution >= 0.6 is 12.4 Å². The van der Waals surface area contributed by atoms with Crippen molar-refractivity contribution in [2.75, 3.05) is 40.3 Å². The maximum absolute atomic E-state index is 11.7. The number of nitrogens with zero attached hydrogens (tertiary/aromatic N) is 2. The molecule has 0 rings (SSSR count). The van der Waals surface area contributed by atoms with Crippen LogP contribution in [0.1, 0.15) is 90.4 Å². The lowest BCUT2D eigenvalue weighted by Crippen LogP contribution is -2.42. The minimum Gasteiger partial charge on any atom is -0.862 e. The molecule has 0 heterocycles. The maximum Gasteiger partial charge on any atom is 0.102 e. The van der Waals surface area contributed by atoms with Crippen LogP contribution in [0.3, 0.4) is 0 Å². The first-order valence-electron chi connectivity index (χ1n) is 10.6. The minimum absolute atomic E-state index is 0. The molecule has 0 amide bonds. The van der Waals surface area contributed by atoms with Crippen molar-refractivity contribution in [1.29, 1.82) is 0 Å². The SMILES string of the molecule is CCCCCCCCCCCCCC([O-])=NCCC[N+](C)(C)CCO.Cl. The van der Waals surface area contributed by atoms with Crippen LogP contribution in [-0.2, 0) is 0 Å². The molecule has 0 spiro atoms. The molecule has 0 aromatic rings. The Kier molecular flexibility index (Phi) is 20.9. The summed E-state index contributed by atoms with van der Waals surface area (Å²) in [5, 5.41) is 20.7. The molecule has 0 aliphatic carbocycles. The molecule has 0 fully saturated rings. The number of unbranched alkanes of at least 4 members (excludes halogenated alkanes) is 10. The topological polar surface area (TPSA) is 55.7 Å². The van der Waals surface area contributed by atoms with Crippen LogP contribution in [0, 0.1) is 0 Å². The number of hydrogen-bond acceptors (Lipinski definition) is 3. The summed E-state index contributed by atoms with van der Waals surface area (Å²) in [4.78, 5) is 4.16. The molecule has 158 valence electrons. The first kappa shape index (κ1) is 27.9. The third-order valence-corrected chi connectivity index (χ3v) is 4.91. The quantitative estimate of drug-likeness (QED) is 0.163. The second kappa shape index (κ2) is 19.4. The lowest BCUT2D eigenvalue weighted by Gasteiger charge is -2.28. The van der Waals surface area contributed by atoms with Crippen molar-refractivity contribution in [2.45, 2.75) is 90.4 Å². The molecule has 0 bridgehead atoms. The normalized spacial score (nSPS) is 12.2. The minimum atomic E-state index is 0. The second-order valence-corrected chi connectivity index (χ2v) is 8.02. The fraction of sp³-hybridized carbons (Fsp3) is 0.952. The van der Waals surface area contributed by atoms with E-state index >= 15 is 0 Å². The zero-order valence-electron chi connectivity index (χ0n) is 17.7. The van der Waals surface area contributed by atoms with Crippen LogP contribution in [0.2, 0.25) is 0 Å². The van der Waals surface area contributed by atoms with Crippen molar-refractivity contribution in [3.05, 3.63) is 0 Å². The van der Waals surface area contributed by atoms with E-state index in [9.17, 15) is 5.11 Å². The fourth-order valence-corrected chi connectivity index (χ4v) is 3.10. The predicted molar refractivity (Wildman–Crippen MR) is 114 cm³/mol. The first-order valence-corrected chi connectivity index (χ1v) is 10.6. The number of aliphatic imine (C=N–C) groups is 1. The van der Waals surface area contributed by atoms with Gasteiger partial charge >= 0.3 is 0 Å². The summed E-state index contributed by atoms with van der Waals surface area (Å²) in [5.74, 6) is 0.0726. The van der Waals surface area contributed by atoms with Gasteiger partial charge in [0.05, 0.1) is 27.2 Å². The highest BCUT2D eigenvalue weighted by atomic mass is 35.5. The van der Waals surface area contributed by atoms with Crippen molar-refractivity contribution >= 4 is 18.3 Å². The van der Waals surface area contributed by atoms with Crippen LogP contribution in [0.25, 0.3) is 0 Å². The maximum atomic E-state index is 11.7. The Labute approximate surface area is 169 Å². The third kappa shape index (κ3) is 20.0. The molecule has 0 saturated heterocycles. The Morgan fingerprint density at radius 3 is 1.81 bits per heavy atom. The van der Waals surface area contributed by atoms with Gasteiger partial charge in [-0.3, -0.25) is 0 Å². The number of rotatable bonds is 18. The lowest BCUT2D eigenvalue weighted by atomic mass is 10.1. The van der Waals surface area contributed by atoms with E-state index in [1.807, 2.05) is 0 Å². The summed E-state index contributed by atoms with van der Waals surface area (Å²) in [6.07, 6.45) is 15.9. The Hall–Kier alpha value is -0.320. The summed E-state index contributed by atoms with van der Waals surface area (Å²) in [6, 6.07) is 0. The van der Waals surface area contributed by atoms with Gasteiger partial charge < -0.3 is 19.7 Å². The van der Waals surface area contributed by atoms with E-state index in [1.54, 1.807) is 0 Å². The Morgan fingerprint density at radius 1 is 0.808 bits per heavy atom. The number of aliphatic hydroxyl groups is 1. The highest BCUT2D eigenvalue weighted by Gasteiger charge is 2.12. The van der Waals surface area contributed by atoms with Crippen molar-refractivity contribution in [3.8, 4) is 0 Å². The zero-order chi connectivity index (χ0) is 18.8. The van der Waals surface area contributed by atoms with Crippen LogP contribution in [0.4, 0.5) is 0 Å². The van der Waals surface area contributed by atoms with Crippen molar-refractivity contribution in [1.82, 2.24) is 0 Å². The molecule has 0 unspecified atom stereocenters. The van der Waals surface area contributed by atoms with E-state index in [0.29, 0.717) is 13.0 Å². The molecule has 4 nitrogen and oxygen atoms in total. The molecule has 1 N–H and O–H groups in total. The molecule has 0 aliphatic heterocycles. The third-order valence-electron chi connectivity index (χ3n) is 4.91. The van der Waals surface area contributed by atoms with E-state index in [4.69, 9.17) is 5.11 Å². The molecule has 0 aromatic heterocycles. The molecular formula is C21H45ClN2O2. The van der Waals surface area contributed by atoms with Crippen LogP contribution < -0.4 is 5.11 Å². The average Bonchev–Trinajstić information content (AvgIpc) is 2.56. The smallest absolute Gasteiger partial charge is 0.102 e. The second-order valence-electron chi connectivity index (χ2n) is 8.02. The van der Waals surface area contributed by atoms with E-state index < -0.39 is 0 Å². The monoisotopic (exact) mass is 392 g/mol. The number of halogens is 1. The summed E-state index contributed by atoms with van der Waals surface area (Å²) < 4.78 is 0.790. The van der Waals surface area contributed by atoms with E-state index in [2.05, 4.69) is 26.0 Å². The van der Waals surface area contributed by atoms with E-state index in [-0.39, 0.29) is 24.9 Å². The number of likely N-dealkylation sites (N-methyl/N-ethyl adjacent to an activating group) is 1. The van der Waals surface area contributed by atoms with Gasteiger partial charge in [0.1, 0.15) is 6.54 Å². The van der Waals surface area contributed by atoms with E-state index in [1.165, 1.54) is 57.8 Å². The van der Waals surface area contributed by atoms with Gasteiger partial charge in [-0.2, -0.15) is 0 Å². The van der Waals surface area contributed by atoms with Gasteiger partial charge in [0, 0.05) is 13.0 Å². The van der Waals surface area contributed by atoms with Gasteiger partial charge in [-0.05, 0) is 18.7 Å². The van der Waals surface area contributed by atoms with Gasteiger partial charge in [0.15, 0.2) is 0 Å². The highest BCUT2D eigenvalue weighted by molar-refractivity contribution is 5.85. The molecule has 0 radical (unpaired) electrons. The first-order chi connectivity index (χ1) is 12.0. The lowest BCUT2D eigenvalue weighted by molar-refractivity contribution is -0.890. The number of aliphatic hydroxyl groups excluding tert-OH is 1. The average molecular weight is 393 g/mol. The molecule has 0 saturated carbocycles. The Morgan fingerprint density at radius 2 is 1.31 bits per heavy atom. The molecule has 26 heavy (non-hydrogen) atoms.